The maximum atomic E-state index is 6.65. The highest BCUT2D eigenvalue weighted by Gasteiger charge is 2.18. The number of hydrogen-bond donors (Lipinski definition) is 0. The van der Waals surface area contributed by atoms with Crippen LogP contribution in [0.3, 0.4) is 0 Å². The summed E-state index contributed by atoms with van der Waals surface area (Å²) in [5.74, 6) is 0. The second-order valence-corrected chi connectivity index (χ2v) is 11.8. The molecule has 0 fully saturated rings. The van der Waals surface area contributed by atoms with Gasteiger partial charge in [0.25, 0.3) is 0 Å². The minimum absolute atomic E-state index is 0.791. The number of fused-ring (bicyclic) bond motifs is 10. The Hall–Kier alpha value is -5.86. The second kappa shape index (κ2) is 9.83. The second-order valence-electron chi connectivity index (χ2n) is 11.8. The van der Waals surface area contributed by atoms with Gasteiger partial charge in [-0.3, -0.25) is 0 Å². The third kappa shape index (κ3) is 3.89. The van der Waals surface area contributed by atoms with Crippen LogP contribution in [0.5, 0.6) is 0 Å². The molecule has 0 saturated heterocycles. The lowest BCUT2D eigenvalue weighted by atomic mass is 9.96. The van der Waals surface area contributed by atoms with Crippen molar-refractivity contribution in [2.24, 2.45) is 0 Å². The molecule has 0 bridgehead atoms. The molecule has 2 nitrogen and oxygen atoms in total. The molecule has 0 unspecified atom stereocenters. The molecule has 2 heterocycles. The van der Waals surface area contributed by atoms with E-state index in [1.165, 1.54) is 27.1 Å². The fourth-order valence-corrected chi connectivity index (χ4v) is 6.93. The van der Waals surface area contributed by atoms with Crippen molar-refractivity contribution in [1.29, 1.82) is 0 Å². The van der Waals surface area contributed by atoms with Gasteiger partial charge in [-0.25, -0.2) is 0 Å². The van der Waals surface area contributed by atoms with E-state index in [1.54, 1.807) is 0 Å². The molecule has 2 aromatic heterocycles. The molecule has 7 aromatic carbocycles. The summed E-state index contributed by atoms with van der Waals surface area (Å²) in [6.07, 6.45) is 4.43. The molecule has 0 aliphatic carbocycles. The molecule has 0 radical (unpaired) electrons. The van der Waals surface area contributed by atoms with Crippen molar-refractivity contribution in [3.8, 4) is 11.1 Å². The fourth-order valence-electron chi connectivity index (χ4n) is 6.93. The lowest BCUT2D eigenvalue weighted by Gasteiger charge is -2.08. The fraction of sp³-hybridized carbons (Fsp3) is 0.0233. The molecular weight excluding hydrogens is 548 g/mol. The largest absolute Gasteiger partial charge is 0.452 e. The van der Waals surface area contributed by atoms with E-state index in [0.717, 1.165) is 71.0 Å². The Kier molecular flexibility index (Phi) is 5.60. The number of rotatable bonds is 3. The Labute approximate surface area is 259 Å². The van der Waals surface area contributed by atoms with Crippen LogP contribution in [0.15, 0.2) is 142 Å². The van der Waals surface area contributed by atoms with Crippen LogP contribution in [0.2, 0.25) is 0 Å². The van der Waals surface area contributed by atoms with Crippen molar-refractivity contribution >= 4 is 83.6 Å². The third-order valence-electron chi connectivity index (χ3n) is 9.22. The SMILES string of the molecule is C=c1/c(=C\C=C(/C)c2cccc(-c3cccc4c3oc3c4ccc4c5ccccc5oc43)c2)c2ccccc2c2ccccc12. The average molecular weight is 577 g/mol. The summed E-state index contributed by atoms with van der Waals surface area (Å²) in [6, 6.07) is 44.7. The third-order valence-corrected chi connectivity index (χ3v) is 9.22. The van der Waals surface area contributed by atoms with Gasteiger partial charge >= 0.3 is 0 Å². The van der Waals surface area contributed by atoms with E-state index in [-0.39, 0.29) is 0 Å². The van der Waals surface area contributed by atoms with Crippen molar-refractivity contribution in [2.75, 3.05) is 0 Å². The van der Waals surface area contributed by atoms with Crippen LogP contribution in [-0.4, -0.2) is 0 Å². The van der Waals surface area contributed by atoms with Crippen LogP contribution < -0.4 is 10.4 Å². The molecule has 0 atom stereocenters. The Balaban J connectivity index is 1.18. The summed E-state index contributed by atoms with van der Waals surface area (Å²) in [6.45, 7) is 6.67. The summed E-state index contributed by atoms with van der Waals surface area (Å²) >= 11 is 0. The molecule has 9 aromatic rings. The number of furan rings is 2. The molecule has 0 aliphatic heterocycles. The van der Waals surface area contributed by atoms with Gasteiger partial charge in [0.15, 0.2) is 11.2 Å². The number of hydrogen-bond acceptors (Lipinski definition) is 2. The van der Waals surface area contributed by atoms with Gasteiger partial charge in [-0.1, -0.05) is 122 Å². The lowest BCUT2D eigenvalue weighted by molar-refractivity contribution is 0.634. The average Bonchev–Trinajstić information content (AvgIpc) is 3.67. The number of para-hydroxylation sites is 2. The van der Waals surface area contributed by atoms with Gasteiger partial charge < -0.3 is 8.83 Å². The normalized spacial score (nSPS) is 12.9. The minimum Gasteiger partial charge on any atom is -0.452 e. The summed E-state index contributed by atoms with van der Waals surface area (Å²) in [5, 5.41) is 11.4. The van der Waals surface area contributed by atoms with Crippen LogP contribution in [0, 0.1) is 0 Å². The number of benzene rings is 7. The van der Waals surface area contributed by atoms with E-state index in [0.29, 0.717) is 0 Å². The van der Waals surface area contributed by atoms with Gasteiger partial charge in [0.05, 0.1) is 0 Å². The topological polar surface area (TPSA) is 26.3 Å². The van der Waals surface area contributed by atoms with Crippen LogP contribution in [0.1, 0.15) is 12.5 Å². The zero-order valence-electron chi connectivity index (χ0n) is 24.8. The Morgan fingerprint density at radius 1 is 0.533 bits per heavy atom. The zero-order chi connectivity index (χ0) is 30.1. The monoisotopic (exact) mass is 576 g/mol. The van der Waals surface area contributed by atoms with Crippen molar-refractivity contribution in [3.05, 3.63) is 149 Å². The molecule has 2 heteroatoms. The van der Waals surface area contributed by atoms with E-state index < -0.39 is 0 Å². The van der Waals surface area contributed by atoms with Crippen molar-refractivity contribution in [2.45, 2.75) is 6.92 Å². The smallest absolute Gasteiger partial charge is 0.178 e. The van der Waals surface area contributed by atoms with E-state index in [9.17, 15) is 0 Å². The molecule has 212 valence electrons. The van der Waals surface area contributed by atoms with Gasteiger partial charge in [-0.15, -0.1) is 0 Å². The highest BCUT2D eigenvalue weighted by molar-refractivity contribution is 6.20. The van der Waals surface area contributed by atoms with Crippen LogP contribution in [0.25, 0.3) is 94.8 Å². The first-order chi connectivity index (χ1) is 22.2. The first kappa shape index (κ1) is 25.6. The summed E-state index contributed by atoms with van der Waals surface area (Å²) < 4.78 is 13.0. The maximum Gasteiger partial charge on any atom is 0.178 e. The maximum absolute atomic E-state index is 6.65. The van der Waals surface area contributed by atoms with Crippen LogP contribution in [-0.2, 0) is 0 Å². The zero-order valence-corrected chi connectivity index (χ0v) is 24.8. The molecule has 0 N–H and O–H groups in total. The highest BCUT2D eigenvalue weighted by Crippen LogP contribution is 2.41. The van der Waals surface area contributed by atoms with Crippen molar-refractivity contribution < 1.29 is 8.83 Å². The van der Waals surface area contributed by atoms with E-state index in [2.05, 4.69) is 135 Å². The molecule has 0 amide bonds. The van der Waals surface area contributed by atoms with Crippen molar-refractivity contribution in [1.82, 2.24) is 0 Å². The van der Waals surface area contributed by atoms with Gasteiger partial charge in [0.1, 0.15) is 11.2 Å². The number of allylic oxidation sites excluding steroid dienone is 2. The lowest BCUT2D eigenvalue weighted by Crippen LogP contribution is -2.24. The molecule has 45 heavy (non-hydrogen) atoms. The standard InChI is InChI=1S/C43H28O2/c1-26(21-22-31-27(2)30-13-3-4-14-33(30)35-16-6-5-15-34(31)35)28-11-9-12-29(25-28)32-18-10-19-37-39-24-23-38-36-17-7-8-20-40(36)44-42(38)43(39)45-41(32)37/h3-25H,2H2,1H3/b26-21+,31-22+. The Morgan fingerprint density at radius 3 is 1.96 bits per heavy atom. The Morgan fingerprint density at radius 2 is 1.13 bits per heavy atom. The molecule has 9 rings (SSSR count). The first-order valence-electron chi connectivity index (χ1n) is 15.3. The summed E-state index contributed by atoms with van der Waals surface area (Å²) in [4.78, 5) is 0. The molecule has 0 saturated carbocycles. The predicted molar refractivity (Wildman–Crippen MR) is 191 cm³/mol. The first-order valence-corrected chi connectivity index (χ1v) is 15.3. The van der Waals surface area contributed by atoms with Crippen LogP contribution in [0.4, 0.5) is 0 Å². The minimum atomic E-state index is 0.791. The Bertz CT molecular complexity index is 2790. The van der Waals surface area contributed by atoms with Gasteiger partial charge in [0, 0.05) is 27.1 Å². The molecule has 0 aliphatic rings. The van der Waals surface area contributed by atoms with Crippen LogP contribution >= 0.6 is 0 Å². The predicted octanol–water partition coefficient (Wildman–Crippen LogP) is 10.8. The molecule has 0 spiro atoms. The van der Waals surface area contributed by atoms with Gasteiger partial charge in [0.2, 0.25) is 0 Å². The van der Waals surface area contributed by atoms with E-state index in [1.807, 2.05) is 18.2 Å². The van der Waals surface area contributed by atoms with E-state index >= 15 is 0 Å². The highest BCUT2D eigenvalue weighted by atomic mass is 16.4. The van der Waals surface area contributed by atoms with Gasteiger partial charge in [-0.05, 0) is 79.9 Å². The van der Waals surface area contributed by atoms with E-state index in [4.69, 9.17) is 8.83 Å². The quantitative estimate of drug-likeness (QED) is 0.196. The van der Waals surface area contributed by atoms with Gasteiger partial charge in [-0.2, -0.15) is 0 Å². The summed E-state index contributed by atoms with van der Waals surface area (Å²) in [7, 11) is 0. The summed E-state index contributed by atoms with van der Waals surface area (Å²) in [5.41, 5.74) is 7.84. The van der Waals surface area contributed by atoms with Crippen molar-refractivity contribution in [3.63, 3.8) is 0 Å². The molecular formula is C43H28O2.